The first kappa shape index (κ1) is 16.2. The molecule has 132 valence electrons. The first-order valence-electron chi connectivity index (χ1n) is 8.58. The lowest BCUT2D eigenvalue weighted by Gasteiger charge is -2.11. The molecule has 2 aromatic carbocycles. The van der Waals surface area contributed by atoms with Crippen molar-refractivity contribution < 1.29 is 8.83 Å². The molecule has 0 saturated carbocycles. The number of hydrogen-bond acceptors (Lipinski definition) is 5. The first-order chi connectivity index (χ1) is 12.6. The monoisotopic (exact) mass is 349 g/mol. The highest BCUT2D eigenvalue weighted by molar-refractivity contribution is 5.76. The van der Waals surface area contributed by atoms with Gasteiger partial charge >= 0.3 is 5.76 Å². The Kier molecular flexibility index (Phi) is 4.08. The number of aryl methyl sites for hydroxylation is 1. The molecule has 6 heteroatoms. The van der Waals surface area contributed by atoms with Gasteiger partial charge in [-0.3, -0.25) is 4.98 Å². The van der Waals surface area contributed by atoms with E-state index in [2.05, 4.69) is 22.2 Å². The summed E-state index contributed by atoms with van der Waals surface area (Å²) in [6.45, 7) is 4.05. The SMILES string of the molecule is CCc1nc([C@@H](C)Nc2ccc3oc(=O)[nH]c3c2)oc1-c1ccccc1. The summed E-state index contributed by atoms with van der Waals surface area (Å²) < 4.78 is 11.1. The number of oxazole rings is 2. The van der Waals surface area contributed by atoms with E-state index in [0.717, 1.165) is 29.1 Å². The van der Waals surface area contributed by atoms with E-state index in [1.54, 1.807) is 6.07 Å². The largest absolute Gasteiger partial charge is 0.438 e. The molecule has 0 unspecified atom stereocenters. The van der Waals surface area contributed by atoms with Gasteiger partial charge in [0, 0.05) is 11.3 Å². The summed E-state index contributed by atoms with van der Waals surface area (Å²) in [6, 6.07) is 15.3. The number of nitrogens with zero attached hydrogens (tertiary/aromatic N) is 1. The minimum atomic E-state index is -0.460. The van der Waals surface area contributed by atoms with Crippen molar-refractivity contribution in [1.82, 2.24) is 9.97 Å². The average molecular weight is 349 g/mol. The number of anilines is 1. The highest BCUT2D eigenvalue weighted by Gasteiger charge is 2.18. The lowest BCUT2D eigenvalue weighted by atomic mass is 10.1. The van der Waals surface area contributed by atoms with Crippen LogP contribution in [0.5, 0.6) is 0 Å². The quantitative estimate of drug-likeness (QED) is 0.554. The molecule has 4 aromatic rings. The van der Waals surface area contributed by atoms with Crippen LogP contribution in [-0.4, -0.2) is 9.97 Å². The lowest BCUT2D eigenvalue weighted by Crippen LogP contribution is -2.07. The lowest BCUT2D eigenvalue weighted by molar-refractivity contribution is 0.485. The van der Waals surface area contributed by atoms with Crippen molar-refractivity contribution in [3.05, 3.63) is 70.7 Å². The minimum absolute atomic E-state index is 0.131. The van der Waals surface area contributed by atoms with Crippen molar-refractivity contribution in [2.24, 2.45) is 0 Å². The van der Waals surface area contributed by atoms with Crippen molar-refractivity contribution >= 4 is 16.8 Å². The van der Waals surface area contributed by atoms with Gasteiger partial charge in [0.1, 0.15) is 6.04 Å². The molecule has 0 aliphatic heterocycles. The standard InChI is InChI=1S/C20H19N3O3/c1-3-15-18(13-7-5-4-6-8-13)26-19(22-15)12(2)21-14-9-10-17-16(11-14)23-20(24)25-17/h4-12,21H,3H2,1-2H3,(H,23,24)/t12-/m1/s1. The zero-order valence-electron chi connectivity index (χ0n) is 14.6. The Balaban J connectivity index is 1.62. The molecule has 6 nitrogen and oxygen atoms in total. The van der Waals surface area contributed by atoms with Crippen molar-refractivity contribution in [1.29, 1.82) is 0 Å². The Morgan fingerprint density at radius 2 is 1.96 bits per heavy atom. The van der Waals surface area contributed by atoms with Crippen LogP contribution in [0.1, 0.15) is 31.5 Å². The third kappa shape index (κ3) is 3.01. The fourth-order valence-electron chi connectivity index (χ4n) is 2.96. The number of nitrogens with one attached hydrogen (secondary N) is 2. The van der Waals surface area contributed by atoms with Gasteiger partial charge in [-0.15, -0.1) is 0 Å². The van der Waals surface area contributed by atoms with Crippen molar-refractivity contribution in [3.8, 4) is 11.3 Å². The van der Waals surface area contributed by atoms with E-state index in [9.17, 15) is 4.79 Å². The van der Waals surface area contributed by atoms with Gasteiger partial charge in [0.25, 0.3) is 0 Å². The second-order valence-electron chi connectivity index (χ2n) is 6.14. The molecular weight excluding hydrogens is 330 g/mol. The Morgan fingerprint density at radius 3 is 2.73 bits per heavy atom. The van der Waals surface area contributed by atoms with Crippen molar-refractivity contribution in [2.45, 2.75) is 26.3 Å². The van der Waals surface area contributed by atoms with E-state index < -0.39 is 5.76 Å². The van der Waals surface area contributed by atoms with Crippen LogP contribution in [0.3, 0.4) is 0 Å². The van der Waals surface area contributed by atoms with E-state index in [4.69, 9.17) is 8.83 Å². The van der Waals surface area contributed by atoms with Crippen LogP contribution in [0, 0.1) is 0 Å². The highest BCUT2D eigenvalue weighted by Crippen LogP contribution is 2.29. The molecule has 0 amide bonds. The summed E-state index contributed by atoms with van der Waals surface area (Å²) in [5.41, 5.74) is 3.99. The number of hydrogen-bond donors (Lipinski definition) is 2. The van der Waals surface area contributed by atoms with Crippen molar-refractivity contribution in [3.63, 3.8) is 0 Å². The molecule has 0 fully saturated rings. The van der Waals surface area contributed by atoms with Gasteiger partial charge in [0.15, 0.2) is 11.3 Å². The molecule has 2 N–H and O–H groups in total. The summed E-state index contributed by atoms with van der Waals surface area (Å²) in [5, 5.41) is 3.36. The maximum Gasteiger partial charge on any atom is 0.417 e. The van der Waals surface area contributed by atoms with Gasteiger partial charge in [0.05, 0.1) is 11.2 Å². The molecule has 2 aromatic heterocycles. The maximum absolute atomic E-state index is 11.3. The number of aromatic nitrogens is 2. The summed E-state index contributed by atoms with van der Waals surface area (Å²) in [7, 11) is 0. The molecule has 2 heterocycles. The minimum Gasteiger partial charge on any atom is -0.438 e. The van der Waals surface area contributed by atoms with Crippen LogP contribution >= 0.6 is 0 Å². The van der Waals surface area contributed by atoms with E-state index in [1.165, 1.54) is 0 Å². The molecule has 26 heavy (non-hydrogen) atoms. The average Bonchev–Trinajstić information content (AvgIpc) is 3.24. The Morgan fingerprint density at radius 1 is 1.15 bits per heavy atom. The molecule has 1 atom stereocenters. The van der Waals surface area contributed by atoms with Crippen molar-refractivity contribution in [2.75, 3.05) is 5.32 Å². The number of fused-ring (bicyclic) bond motifs is 1. The highest BCUT2D eigenvalue weighted by atomic mass is 16.4. The first-order valence-corrected chi connectivity index (χ1v) is 8.58. The summed E-state index contributed by atoms with van der Waals surface area (Å²) in [6.07, 6.45) is 0.794. The number of rotatable bonds is 5. The van der Waals surface area contributed by atoms with Gasteiger partial charge in [-0.05, 0) is 31.5 Å². The Bertz CT molecular complexity index is 1090. The zero-order chi connectivity index (χ0) is 18.1. The molecule has 0 saturated heterocycles. The maximum atomic E-state index is 11.3. The van der Waals surface area contributed by atoms with Crippen LogP contribution in [-0.2, 0) is 6.42 Å². The van der Waals surface area contributed by atoms with E-state index >= 15 is 0 Å². The smallest absolute Gasteiger partial charge is 0.417 e. The van der Waals surface area contributed by atoms with Gasteiger partial charge in [-0.25, -0.2) is 9.78 Å². The predicted octanol–water partition coefficient (Wildman–Crippen LogP) is 4.51. The molecule has 0 spiro atoms. The summed E-state index contributed by atoms with van der Waals surface area (Å²) >= 11 is 0. The van der Waals surface area contributed by atoms with E-state index in [0.29, 0.717) is 17.0 Å². The Hall–Kier alpha value is -3.28. The number of aromatic amines is 1. The summed E-state index contributed by atoms with van der Waals surface area (Å²) in [5.74, 6) is 0.978. The molecular formula is C20H19N3O3. The fraction of sp³-hybridized carbons (Fsp3) is 0.200. The second kappa shape index (κ2) is 6.55. The third-order valence-electron chi connectivity index (χ3n) is 4.26. The zero-order valence-corrected chi connectivity index (χ0v) is 14.6. The van der Waals surface area contributed by atoms with Crippen LogP contribution in [0.15, 0.2) is 62.2 Å². The normalized spacial score (nSPS) is 12.4. The molecule has 0 radical (unpaired) electrons. The second-order valence-corrected chi connectivity index (χ2v) is 6.14. The van der Waals surface area contributed by atoms with Gasteiger partial charge in [-0.2, -0.15) is 0 Å². The molecule has 0 bridgehead atoms. The van der Waals surface area contributed by atoms with Gasteiger partial charge in [-0.1, -0.05) is 37.3 Å². The van der Waals surface area contributed by atoms with Crippen LogP contribution in [0.25, 0.3) is 22.4 Å². The molecule has 4 rings (SSSR count). The molecule has 0 aliphatic rings. The summed E-state index contributed by atoms with van der Waals surface area (Å²) in [4.78, 5) is 18.6. The van der Waals surface area contributed by atoms with Crippen LogP contribution < -0.4 is 11.1 Å². The van der Waals surface area contributed by atoms with E-state index in [-0.39, 0.29) is 6.04 Å². The third-order valence-corrected chi connectivity index (χ3v) is 4.26. The van der Waals surface area contributed by atoms with Crippen LogP contribution in [0.4, 0.5) is 5.69 Å². The van der Waals surface area contributed by atoms with E-state index in [1.807, 2.05) is 49.4 Å². The molecule has 0 aliphatic carbocycles. The van der Waals surface area contributed by atoms with Crippen LogP contribution in [0.2, 0.25) is 0 Å². The Labute approximate surface area is 149 Å². The predicted molar refractivity (Wildman–Crippen MR) is 100 cm³/mol. The number of benzene rings is 2. The fourth-order valence-corrected chi connectivity index (χ4v) is 2.96. The topological polar surface area (TPSA) is 84.1 Å². The van der Waals surface area contributed by atoms with Gasteiger partial charge < -0.3 is 14.2 Å². The van der Waals surface area contributed by atoms with Gasteiger partial charge in [0.2, 0.25) is 5.89 Å². The number of H-pyrrole nitrogens is 1.